The van der Waals surface area contributed by atoms with E-state index in [-0.39, 0.29) is 12.6 Å². The van der Waals surface area contributed by atoms with Gasteiger partial charge in [0.15, 0.2) is 6.61 Å². The Hall–Kier alpha value is -2.23. The van der Waals surface area contributed by atoms with Crippen LogP contribution in [0.4, 0.5) is 26.3 Å². The van der Waals surface area contributed by atoms with Crippen molar-refractivity contribution >= 4 is 17.2 Å². The zero-order valence-electron chi connectivity index (χ0n) is 12.4. The zero-order chi connectivity index (χ0) is 18.7. The van der Waals surface area contributed by atoms with Crippen molar-refractivity contribution in [2.75, 3.05) is 6.61 Å². The lowest BCUT2D eigenvalue weighted by molar-refractivity contribution is -0.143. The van der Waals surface area contributed by atoms with Crippen molar-refractivity contribution in [1.29, 1.82) is 0 Å². The van der Waals surface area contributed by atoms with Crippen LogP contribution in [0.2, 0.25) is 0 Å². The van der Waals surface area contributed by atoms with Crippen LogP contribution in [0.5, 0.6) is 5.75 Å². The number of hydrogen-bond donors (Lipinski definition) is 1. The van der Waals surface area contributed by atoms with Gasteiger partial charge in [-0.3, -0.25) is 4.79 Å². The van der Waals surface area contributed by atoms with E-state index in [1.54, 1.807) is 17.5 Å². The van der Waals surface area contributed by atoms with Gasteiger partial charge in [-0.15, -0.1) is 11.3 Å². The topological polar surface area (TPSA) is 38.3 Å². The highest BCUT2D eigenvalue weighted by molar-refractivity contribution is 7.09. The summed E-state index contributed by atoms with van der Waals surface area (Å²) in [5, 5.41) is 4.24. The number of rotatable bonds is 5. The second kappa shape index (κ2) is 7.34. The van der Waals surface area contributed by atoms with Gasteiger partial charge in [-0.05, 0) is 29.6 Å². The molecule has 0 saturated carbocycles. The molecule has 0 spiro atoms. The number of benzene rings is 1. The Bertz CT molecular complexity index is 692. The van der Waals surface area contributed by atoms with E-state index in [1.807, 2.05) is 0 Å². The van der Waals surface area contributed by atoms with E-state index in [1.165, 1.54) is 11.3 Å². The molecule has 10 heteroatoms. The van der Waals surface area contributed by atoms with Crippen LogP contribution < -0.4 is 10.1 Å². The van der Waals surface area contributed by atoms with Crippen LogP contribution in [0, 0.1) is 0 Å². The molecule has 1 aromatic heterocycles. The number of hydrogen-bond acceptors (Lipinski definition) is 3. The van der Waals surface area contributed by atoms with Gasteiger partial charge in [-0.1, -0.05) is 6.07 Å². The molecule has 1 amide bonds. The third kappa shape index (κ3) is 5.66. The number of halogens is 6. The highest BCUT2D eigenvalue weighted by Crippen LogP contribution is 2.38. The minimum Gasteiger partial charge on any atom is -0.484 e. The van der Waals surface area contributed by atoms with Gasteiger partial charge in [0.1, 0.15) is 5.75 Å². The summed E-state index contributed by atoms with van der Waals surface area (Å²) in [6.45, 7) is -0.514. The van der Waals surface area contributed by atoms with E-state index in [2.05, 4.69) is 5.32 Å². The molecule has 1 heterocycles. The summed E-state index contributed by atoms with van der Waals surface area (Å²) >= 11 is 1.38. The lowest BCUT2D eigenvalue weighted by Crippen LogP contribution is -2.28. The fraction of sp³-hybridized carbons (Fsp3) is 0.267. The quantitative estimate of drug-likeness (QED) is 0.774. The van der Waals surface area contributed by atoms with Gasteiger partial charge in [0.05, 0.1) is 17.7 Å². The fourth-order valence-corrected chi connectivity index (χ4v) is 2.45. The summed E-state index contributed by atoms with van der Waals surface area (Å²) in [5.74, 6) is -1.35. The summed E-state index contributed by atoms with van der Waals surface area (Å²) < 4.78 is 81.1. The first kappa shape index (κ1) is 19.1. The molecule has 2 aromatic rings. The Morgan fingerprint density at radius 1 is 1.04 bits per heavy atom. The third-order valence-electron chi connectivity index (χ3n) is 2.97. The van der Waals surface area contributed by atoms with Crippen molar-refractivity contribution in [1.82, 2.24) is 5.32 Å². The van der Waals surface area contributed by atoms with Crippen LogP contribution >= 0.6 is 11.3 Å². The Kier molecular flexibility index (Phi) is 5.61. The maximum Gasteiger partial charge on any atom is 0.416 e. The van der Waals surface area contributed by atoms with Gasteiger partial charge >= 0.3 is 12.4 Å². The molecule has 0 aliphatic carbocycles. The molecule has 0 aliphatic heterocycles. The number of amides is 1. The van der Waals surface area contributed by atoms with Crippen LogP contribution in [-0.2, 0) is 23.7 Å². The van der Waals surface area contributed by atoms with E-state index in [0.717, 1.165) is 4.88 Å². The third-order valence-corrected chi connectivity index (χ3v) is 3.85. The van der Waals surface area contributed by atoms with Gasteiger partial charge in [-0.2, -0.15) is 26.3 Å². The van der Waals surface area contributed by atoms with Gasteiger partial charge in [0, 0.05) is 4.88 Å². The Labute approximate surface area is 142 Å². The minimum atomic E-state index is -4.97. The summed E-state index contributed by atoms with van der Waals surface area (Å²) in [6, 6.07) is 4.35. The van der Waals surface area contributed by atoms with Crippen LogP contribution in [0.3, 0.4) is 0 Å². The van der Waals surface area contributed by atoms with Crippen molar-refractivity contribution in [3.63, 3.8) is 0 Å². The summed E-state index contributed by atoms with van der Waals surface area (Å²) in [4.78, 5) is 12.4. The molecule has 0 saturated heterocycles. The summed E-state index contributed by atoms with van der Waals surface area (Å²) in [6.07, 6.45) is -9.94. The van der Waals surface area contributed by atoms with Crippen molar-refractivity contribution in [3.05, 3.63) is 51.7 Å². The Morgan fingerprint density at radius 2 is 1.64 bits per heavy atom. The molecule has 3 nitrogen and oxygen atoms in total. The first-order valence-corrected chi connectivity index (χ1v) is 7.65. The second-order valence-electron chi connectivity index (χ2n) is 4.89. The number of thiophene rings is 1. The van der Waals surface area contributed by atoms with Crippen molar-refractivity contribution in [2.45, 2.75) is 18.9 Å². The molecule has 0 atom stereocenters. The number of nitrogens with one attached hydrogen (secondary N) is 1. The number of ether oxygens (including phenoxy) is 1. The molecule has 1 N–H and O–H groups in total. The first-order chi connectivity index (χ1) is 11.6. The van der Waals surface area contributed by atoms with Crippen LogP contribution in [-0.4, -0.2) is 12.5 Å². The summed E-state index contributed by atoms with van der Waals surface area (Å²) in [5.41, 5.74) is -3.01. The first-order valence-electron chi connectivity index (χ1n) is 6.77. The monoisotopic (exact) mass is 383 g/mol. The predicted octanol–water partition coefficient (Wildman–Crippen LogP) is 4.48. The zero-order valence-corrected chi connectivity index (χ0v) is 13.2. The average molecular weight is 383 g/mol. The molecule has 1 aromatic carbocycles. The standard InChI is InChI=1S/C15H11F6NO2S/c16-14(17,18)9-4-10(15(19,20)21)6-11(5-9)24-8-13(23)22-7-12-2-1-3-25-12/h1-6H,7-8H2,(H,22,23). The molecule has 25 heavy (non-hydrogen) atoms. The van der Waals surface area contributed by atoms with E-state index in [4.69, 9.17) is 4.74 Å². The highest BCUT2D eigenvalue weighted by Gasteiger charge is 2.37. The molecule has 0 radical (unpaired) electrons. The number of carbonyl (C=O) groups is 1. The van der Waals surface area contributed by atoms with Gasteiger partial charge in [0.2, 0.25) is 0 Å². The Balaban J connectivity index is 2.06. The number of alkyl halides is 6. The Morgan fingerprint density at radius 3 is 2.12 bits per heavy atom. The minimum absolute atomic E-state index is 0.0102. The molecule has 0 fully saturated rings. The van der Waals surface area contributed by atoms with Gasteiger partial charge in [-0.25, -0.2) is 0 Å². The predicted molar refractivity (Wildman–Crippen MR) is 78.1 cm³/mol. The SMILES string of the molecule is O=C(COc1cc(C(F)(F)F)cc(C(F)(F)F)c1)NCc1cccs1. The molecule has 0 bridgehead atoms. The maximum atomic E-state index is 12.7. The largest absolute Gasteiger partial charge is 0.484 e. The molecule has 0 aliphatic rings. The molecule has 136 valence electrons. The van der Waals surface area contributed by atoms with Gasteiger partial charge in [0.25, 0.3) is 5.91 Å². The smallest absolute Gasteiger partial charge is 0.416 e. The van der Waals surface area contributed by atoms with E-state index >= 15 is 0 Å². The fourth-order valence-electron chi connectivity index (χ4n) is 1.81. The van der Waals surface area contributed by atoms with Crippen molar-refractivity contribution in [3.8, 4) is 5.75 Å². The van der Waals surface area contributed by atoms with Crippen molar-refractivity contribution in [2.24, 2.45) is 0 Å². The lowest BCUT2D eigenvalue weighted by atomic mass is 10.1. The average Bonchev–Trinajstić information content (AvgIpc) is 3.02. The lowest BCUT2D eigenvalue weighted by Gasteiger charge is -2.14. The molecular formula is C15H11F6NO2S. The van der Waals surface area contributed by atoms with Gasteiger partial charge < -0.3 is 10.1 Å². The maximum absolute atomic E-state index is 12.7. The van der Waals surface area contributed by atoms with E-state index in [9.17, 15) is 31.1 Å². The summed E-state index contributed by atoms with van der Waals surface area (Å²) in [7, 11) is 0. The van der Waals surface area contributed by atoms with Crippen LogP contribution in [0.25, 0.3) is 0 Å². The van der Waals surface area contributed by atoms with E-state index < -0.39 is 41.7 Å². The molecular weight excluding hydrogens is 372 g/mol. The van der Waals surface area contributed by atoms with E-state index in [0.29, 0.717) is 12.1 Å². The van der Waals surface area contributed by atoms with Crippen LogP contribution in [0.15, 0.2) is 35.7 Å². The second-order valence-corrected chi connectivity index (χ2v) is 5.92. The van der Waals surface area contributed by atoms with Crippen LogP contribution in [0.1, 0.15) is 16.0 Å². The highest BCUT2D eigenvalue weighted by atomic mass is 32.1. The molecule has 0 unspecified atom stereocenters. The number of carbonyl (C=O) groups excluding carboxylic acids is 1. The van der Waals surface area contributed by atoms with Crippen molar-refractivity contribution < 1.29 is 35.9 Å². The molecule has 2 rings (SSSR count). The normalized spacial score (nSPS) is 12.1.